The summed E-state index contributed by atoms with van der Waals surface area (Å²) in [6.45, 7) is -0.0935. The van der Waals surface area contributed by atoms with Crippen LogP contribution in [0.25, 0.3) is 0 Å². The van der Waals surface area contributed by atoms with E-state index in [-0.39, 0.29) is 30.5 Å². The van der Waals surface area contributed by atoms with Gasteiger partial charge in [-0.05, 0) is 19.3 Å². The Balaban J connectivity index is 2.54. The molecule has 0 aliphatic rings. The molecule has 3 nitrogen and oxygen atoms in total. The summed E-state index contributed by atoms with van der Waals surface area (Å²) in [7, 11) is -2.63. The Labute approximate surface area is 151 Å². The fourth-order valence-electron chi connectivity index (χ4n) is 1.79. The van der Waals surface area contributed by atoms with E-state index in [2.05, 4.69) is 0 Å². The maximum atomic E-state index is 13.7. The molecule has 0 radical (unpaired) electrons. The quantitative estimate of drug-likeness (QED) is 0.444. The van der Waals surface area contributed by atoms with Crippen LogP contribution in [0.1, 0.15) is 19.3 Å². The number of rotatable bonds is 9. The molecule has 0 amide bonds. The lowest BCUT2D eigenvalue weighted by molar-refractivity contribution is -0.105. The normalized spacial score (nSPS) is 13.7. The van der Waals surface area contributed by atoms with Gasteiger partial charge in [0.2, 0.25) is 0 Å². The summed E-state index contributed by atoms with van der Waals surface area (Å²) in [5.41, 5.74) is -4.30. The van der Waals surface area contributed by atoms with Crippen LogP contribution in [0.5, 0.6) is 11.5 Å². The maximum absolute atomic E-state index is 13.7. The summed E-state index contributed by atoms with van der Waals surface area (Å²) < 4.78 is 103. The molecular formula is C14H15F7O3S2. The van der Waals surface area contributed by atoms with Crippen LogP contribution in [-0.4, -0.2) is 39.1 Å². The van der Waals surface area contributed by atoms with Crippen molar-refractivity contribution in [1.29, 1.82) is 0 Å². The fourth-order valence-corrected chi connectivity index (χ4v) is 3.36. The molecule has 26 heavy (non-hydrogen) atoms. The number of unbranched alkanes of at least 4 members (excludes halogenated alkanes) is 2. The van der Waals surface area contributed by atoms with Crippen LogP contribution >= 0.6 is 11.8 Å². The largest absolute Gasteiger partial charge is 0.507 e. The zero-order valence-corrected chi connectivity index (χ0v) is 14.8. The first-order valence-corrected chi connectivity index (χ1v) is 9.50. The van der Waals surface area contributed by atoms with E-state index in [1.165, 1.54) is 0 Å². The Kier molecular flexibility index (Phi) is 8.51. The van der Waals surface area contributed by atoms with Gasteiger partial charge in [-0.15, -0.1) is 0 Å². The van der Waals surface area contributed by atoms with Crippen molar-refractivity contribution in [3.8, 4) is 11.5 Å². The number of phenolic OH excluding ortho intramolecular Hbond substituents is 1. The second-order valence-corrected chi connectivity index (χ2v) is 7.64. The van der Waals surface area contributed by atoms with E-state index in [1.54, 1.807) is 0 Å². The van der Waals surface area contributed by atoms with E-state index in [0.29, 0.717) is 18.9 Å². The highest BCUT2D eigenvalue weighted by molar-refractivity contribution is 8.00. The molecular weight excluding hydrogens is 413 g/mol. The SMILES string of the molecule is O=S(CC(F)(F)F)c1cc(OCCCCCSC(F)(F)F)c(F)cc1O. The molecule has 0 saturated carbocycles. The van der Waals surface area contributed by atoms with E-state index in [1.807, 2.05) is 0 Å². The van der Waals surface area contributed by atoms with Gasteiger partial charge in [-0.3, -0.25) is 4.21 Å². The molecule has 1 N–H and O–H groups in total. The van der Waals surface area contributed by atoms with Crippen LogP contribution in [0.4, 0.5) is 30.7 Å². The van der Waals surface area contributed by atoms with Gasteiger partial charge in [0.15, 0.2) is 11.6 Å². The van der Waals surface area contributed by atoms with Crippen molar-refractivity contribution in [2.24, 2.45) is 0 Å². The zero-order valence-electron chi connectivity index (χ0n) is 13.1. The van der Waals surface area contributed by atoms with Gasteiger partial charge in [-0.1, -0.05) is 11.8 Å². The van der Waals surface area contributed by atoms with Gasteiger partial charge in [0, 0.05) is 17.9 Å². The van der Waals surface area contributed by atoms with Gasteiger partial charge < -0.3 is 9.84 Å². The average Bonchev–Trinajstić information content (AvgIpc) is 2.45. The minimum atomic E-state index is -4.73. The Morgan fingerprint density at radius 2 is 1.73 bits per heavy atom. The van der Waals surface area contributed by atoms with Crippen LogP contribution in [0.3, 0.4) is 0 Å². The highest BCUT2D eigenvalue weighted by Crippen LogP contribution is 2.32. The van der Waals surface area contributed by atoms with Crippen LogP contribution in [0.15, 0.2) is 17.0 Å². The van der Waals surface area contributed by atoms with Gasteiger partial charge in [0.25, 0.3) is 0 Å². The number of ether oxygens (including phenoxy) is 1. The van der Waals surface area contributed by atoms with Crippen LogP contribution in [0.2, 0.25) is 0 Å². The average molecular weight is 428 g/mol. The molecule has 0 fully saturated rings. The molecule has 1 unspecified atom stereocenters. The summed E-state index contributed by atoms with van der Waals surface area (Å²) >= 11 is -0.153. The summed E-state index contributed by atoms with van der Waals surface area (Å²) in [5, 5.41) is 9.47. The highest BCUT2D eigenvalue weighted by Gasteiger charge is 2.32. The molecule has 150 valence electrons. The standard InChI is InChI=1S/C14H15F7O3S2/c15-9-6-10(22)12(26(23)8-13(16,17)18)7-11(9)24-4-2-1-3-5-25-14(19,20)21/h6-7,22H,1-5,8H2. The number of hydrogen-bond donors (Lipinski definition) is 1. The first kappa shape index (κ1) is 22.9. The Morgan fingerprint density at radius 1 is 1.08 bits per heavy atom. The number of phenols is 1. The third-order valence-corrected chi connectivity index (χ3v) is 5.09. The zero-order chi connectivity index (χ0) is 20.0. The van der Waals surface area contributed by atoms with Crippen molar-refractivity contribution < 1.29 is 44.8 Å². The molecule has 0 aliphatic heterocycles. The highest BCUT2D eigenvalue weighted by atomic mass is 32.2. The number of hydrogen-bond acceptors (Lipinski definition) is 4. The molecule has 0 saturated heterocycles. The van der Waals surface area contributed by atoms with Gasteiger partial charge in [-0.2, -0.15) is 26.3 Å². The smallest absolute Gasteiger partial charge is 0.441 e. The molecule has 0 aliphatic carbocycles. The van der Waals surface area contributed by atoms with E-state index >= 15 is 0 Å². The lowest BCUT2D eigenvalue weighted by Crippen LogP contribution is -2.18. The molecule has 1 aromatic carbocycles. The van der Waals surface area contributed by atoms with Crippen molar-refractivity contribution in [1.82, 2.24) is 0 Å². The second kappa shape index (κ2) is 9.67. The Bertz CT molecular complexity index is 618. The fraction of sp³-hybridized carbons (Fsp3) is 0.571. The number of halogens is 7. The predicted octanol–water partition coefficient (Wildman–Crippen LogP) is 5.00. The molecule has 1 aromatic rings. The topological polar surface area (TPSA) is 46.5 Å². The Morgan fingerprint density at radius 3 is 2.31 bits per heavy atom. The van der Waals surface area contributed by atoms with E-state index in [4.69, 9.17) is 4.74 Å². The van der Waals surface area contributed by atoms with E-state index in [0.717, 1.165) is 6.07 Å². The molecule has 0 aromatic heterocycles. The molecule has 0 spiro atoms. The predicted molar refractivity (Wildman–Crippen MR) is 83.3 cm³/mol. The third kappa shape index (κ3) is 8.97. The Hall–Kier alpha value is -1.17. The molecule has 12 heteroatoms. The van der Waals surface area contributed by atoms with Crippen LogP contribution in [0, 0.1) is 5.82 Å². The van der Waals surface area contributed by atoms with Gasteiger partial charge in [0.1, 0.15) is 11.5 Å². The minimum absolute atomic E-state index is 0.0935. The minimum Gasteiger partial charge on any atom is -0.507 e. The van der Waals surface area contributed by atoms with Gasteiger partial charge >= 0.3 is 11.7 Å². The summed E-state index contributed by atoms with van der Waals surface area (Å²) in [5.74, 6) is -4.26. The van der Waals surface area contributed by atoms with Crippen LogP contribution < -0.4 is 4.74 Å². The van der Waals surface area contributed by atoms with Crippen molar-refractivity contribution in [2.75, 3.05) is 18.1 Å². The van der Waals surface area contributed by atoms with Gasteiger partial charge in [0.05, 0.1) is 22.3 Å². The number of alkyl halides is 6. The monoisotopic (exact) mass is 428 g/mol. The molecule has 1 atom stereocenters. The molecule has 0 heterocycles. The van der Waals surface area contributed by atoms with Crippen molar-refractivity contribution >= 4 is 22.6 Å². The van der Waals surface area contributed by atoms with E-state index in [9.17, 15) is 40.0 Å². The summed E-state index contributed by atoms with van der Waals surface area (Å²) in [6.07, 6.45) is -3.82. The number of benzene rings is 1. The van der Waals surface area contributed by atoms with Crippen molar-refractivity contribution in [3.05, 3.63) is 17.9 Å². The van der Waals surface area contributed by atoms with Gasteiger partial charge in [-0.25, -0.2) is 4.39 Å². The summed E-state index contributed by atoms with van der Waals surface area (Å²) in [6, 6.07) is 1.23. The van der Waals surface area contributed by atoms with E-state index < -0.39 is 50.4 Å². The molecule has 1 rings (SSSR count). The summed E-state index contributed by atoms with van der Waals surface area (Å²) in [4.78, 5) is -0.611. The maximum Gasteiger partial charge on any atom is 0.441 e. The molecule has 0 bridgehead atoms. The van der Waals surface area contributed by atoms with Crippen LogP contribution in [-0.2, 0) is 10.8 Å². The van der Waals surface area contributed by atoms with Crippen molar-refractivity contribution in [3.63, 3.8) is 0 Å². The first-order chi connectivity index (χ1) is 11.9. The van der Waals surface area contributed by atoms with Crippen molar-refractivity contribution in [2.45, 2.75) is 35.8 Å². The first-order valence-electron chi connectivity index (χ1n) is 7.20. The number of thioether (sulfide) groups is 1. The lowest BCUT2D eigenvalue weighted by atomic mass is 10.2. The number of aromatic hydroxyl groups is 1. The third-order valence-electron chi connectivity index (χ3n) is 2.87. The lowest BCUT2D eigenvalue weighted by Gasteiger charge is -2.12. The second-order valence-electron chi connectivity index (χ2n) is 5.06.